The minimum atomic E-state index is -0.141. The van der Waals surface area contributed by atoms with Crippen LogP contribution < -0.4 is 5.32 Å². The lowest BCUT2D eigenvalue weighted by Gasteiger charge is -2.32. The molecule has 0 amide bonds. The highest BCUT2D eigenvalue weighted by Crippen LogP contribution is 2.18. The molecule has 2 unspecified atom stereocenters. The van der Waals surface area contributed by atoms with Gasteiger partial charge in [0.1, 0.15) is 0 Å². The van der Waals surface area contributed by atoms with Crippen LogP contribution >= 0.6 is 0 Å². The molecular formula is C17H37N3O. The number of aliphatic hydroxyl groups is 1. The van der Waals surface area contributed by atoms with Crippen molar-refractivity contribution in [2.45, 2.75) is 71.0 Å². The molecular weight excluding hydrogens is 262 g/mol. The third-order valence-corrected chi connectivity index (χ3v) is 4.68. The standard InChI is InChI=1S/C17H37N3O/c1-6-20-12-7-9-16(20)13-19(5)11-8-10-17(4,14-21)18-15(2)3/h15-16,18,21H,6-14H2,1-5H3. The Morgan fingerprint density at radius 3 is 2.71 bits per heavy atom. The molecule has 2 N–H and O–H groups in total. The van der Waals surface area contributed by atoms with Crippen LogP contribution in [0.3, 0.4) is 0 Å². The number of likely N-dealkylation sites (N-methyl/N-ethyl adjacent to an activating group) is 2. The molecule has 1 rings (SSSR count). The van der Waals surface area contributed by atoms with E-state index in [1.54, 1.807) is 0 Å². The molecule has 126 valence electrons. The summed E-state index contributed by atoms with van der Waals surface area (Å²) in [6, 6.07) is 1.16. The number of nitrogens with zero attached hydrogens (tertiary/aromatic N) is 2. The largest absolute Gasteiger partial charge is 0.394 e. The van der Waals surface area contributed by atoms with Crippen LogP contribution in [0.15, 0.2) is 0 Å². The molecule has 0 aromatic rings. The summed E-state index contributed by atoms with van der Waals surface area (Å²) in [5.41, 5.74) is -0.141. The third kappa shape index (κ3) is 6.64. The molecule has 0 spiro atoms. The SMILES string of the molecule is CCN1CCCC1CN(C)CCCC(C)(CO)NC(C)C. The predicted molar refractivity (Wildman–Crippen MR) is 90.8 cm³/mol. The van der Waals surface area contributed by atoms with Gasteiger partial charge in [0.05, 0.1) is 6.61 Å². The van der Waals surface area contributed by atoms with Gasteiger partial charge in [-0.3, -0.25) is 4.90 Å². The second-order valence-corrected chi connectivity index (χ2v) is 7.31. The van der Waals surface area contributed by atoms with E-state index >= 15 is 0 Å². The Balaban J connectivity index is 2.27. The summed E-state index contributed by atoms with van der Waals surface area (Å²) in [6.45, 7) is 13.6. The molecule has 0 aromatic carbocycles. The maximum atomic E-state index is 9.61. The fourth-order valence-corrected chi connectivity index (χ4v) is 3.60. The fraction of sp³-hybridized carbons (Fsp3) is 1.00. The number of hydrogen-bond acceptors (Lipinski definition) is 4. The van der Waals surface area contributed by atoms with Crippen LogP contribution in [-0.2, 0) is 0 Å². The minimum Gasteiger partial charge on any atom is -0.394 e. The van der Waals surface area contributed by atoms with Crippen molar-refractivity contribution >= 4 is 0 Å². The molecule has 2 atom stereocenters. The number of likely N-dealkylation sites (tertiary alicyclic amines) is 1. The van der Waals surface area contributed by atoms with Gasteiger partial charge in [0.25, 0.3) is 0 Å². The average Bonchev–Trinajstić information content (AvgIpc) is 2.85. The highest BCUT2D eigenvalue weighted by atomic mass is 16.3. The highest BCUT2D eigenvalue weighted by Gasteiger charge is 2.25. The lowest BCUT2D eigenvalue weighted by atomic mass is 9.95. The maximum absolute atomic E-state index is 9.61. The summed E-state index contributed by atoms with van der Waals surface area (Å²) in [4.78, 5) is 5.07. The Labute approximate surface area is 131 Å². The Kier molecular flexibility index (Phi) is 8.17. The zero-order chi connectivity index (χ0) is 15.9. The van der Waals surface area contributed by atoms with Crippen LogP contribution in [0.1, 0.15) is 53.4 Å². The number of rotatable bonds is 10. The van der Waals surface area contributed by atoms with Gasteiger partial charge in [-0.2, -0.15) is 0 Å². The first-order valence-electron chi connectivity index (χ1n) is 8.71. The Morgan fingerprint density at radius 2 is 2.14 bits per heavy atom. The molecule has 21 heavy (non-hydrogen) atoms. The molecule has 4 heteroatoms. The van der Waals surface area contributed by atoms with Gasteiger partial charge in [-0.1, -0.05) is 20.8 Å². The summed E-state index contributed by atoms with van der Waals surface area (Å²) in [6.07, 6.45) is 4.86. The Bertz CT molecular complexity index is 285. The van der Waals surface area contributed by atoms with E-state index in [4.69, 9.17) is 0 Å². The van der Waals surface area contributed by atoms with Crippen LogP contribution in [0.25, 0.3) is 0 Å². The zero-order valence-electron chi connectivity index (χ0n) is 14.9. The fourth-order valence-electron chi connectivity index (χ4n) is 3.60. The smallest absolute Gasteiger partial charge is 0.0610 e. The first-order valence-corrected chi connectivity index (χ1v) is 8.71. The maximum Gasteiger partial charge on any atom is 0.0610 e. The minimum absolute atomic E-state index is 0.141. The second-order valence-electron chi connectivity index (χ2n) is 7.31. The third-order valence-electron chi connectivity index (χ3n) is 4.68. The molecule has 0 aromatic heterocycles. The molecule has 1 heterocycles. The molecule has 0 radical (unpaired) electrons. The molecule has 1 aliphatic heterocycles. The molecule has 0 bridgehead atoms. The van der Waals surface area contributed by atoms with Gasteiger partial charge in [0, 0.05) is 24.2 Å². The summed E-state index contributed by atoms with van der Waals surface area (Å²) >= 11 is 0. The van der Waals surface area contributed by atoms with Crippen molar-refractivity contribution in [2.75, 3.05) is 39.8 Å². The van der Waals surface area contributed by atoms with Crippen molar-refractivity contribution < 1.29 is 5.11 Å². The molecule has 0 aliphatic carbocycles. The van der Waals surface area contributed by atoms with E-state index in [1.807, 2.05) is 0 Å². The average molecular weight is 300 g/mol. The first-order chi connectivity index (χ1) is 9.90. The quantitative estimate of drug-likeness (QED) is 0.646. The normalized spacial score (nSPS) is 23.1. The monoisotopic (exact) mass is 299 g/mol. The molecule has 0 saturated carbocycles. The number of hydrogen-bond donors (Lipinski definition) is 2. The van der Waals surface area contributed by atoms with Crippen molar-refractivity contribution in [3.05, 3.63) is 0 Å². The van der Waals surface area contributed by atoms with Gasteiger partial charge in [0.2, 0.25) is 0 Å². The van der Waals surface area contributed by atoms with E-state index in [0.717, 1.165) is 25.4 Å². The van der Waals surface area contributed by atoms with Crippen LogP contribution in [0.4, 0.5) is 0 Å². The molecule has 4 nitrogen and oxygen atoms in total. The van der Waals surface area contributed by atoms with Gasteiger partial charge in [-0.05, 0) is 59.3 Å². The first kappa shape index (κ1) is 18.9. The van der Waals surface area contributed by atoms with E-state index in [1.165, 1.54) is 32.5 Å². The topological polar surface area (TPSA) is 38.7 Å². The zero-order valence-corrected chi connectivity index (χ0v) is 14.9. The highest BCUT2D eigenvalue weighted by molar-refractivity contribution is 4.85. The van der Waals surface area contributed by atoms with Gasteiger partial charge >= 0.3 is 0 Å². The molecule has 1 fully saturated rings. The molecule has 1 aliphatic rings. The van der Waals surface area contributed by atoms with Crippen molar-refractivity contribution in [1.29, 1.82) is 0 Å². The summed E-state index contributed by atoms with van der Waals surface area (Å²) in [5.74, 6) is 0. The number of nitrogens with one attached hydrogen (secondary N) is 1. The van der Waals surface area contributed by atoms with Crippen molar-refractivity contribution in [2.24, 2.45) is 0 Å². The van der Waals surface area contributed by atoms with E-state index in [-0.39, 0.29) is 12.1 Å². The van der Waals surface area contributed by atoms with Crippen LogP contribution in [0.5, 0.6) is 0 Å². The summed E-state index contributed by atoms with van der Waals surface area (Å²) < 4.78 is 0. The van der Waals surface area contributed by atoms with Crippen LogP contribution in [-0.4, -0.2) is 72.4 Å². The van der Waals surface area contributed by atoms with Crippen LogP contribution in [0.2, 0.25) is 0 Å². The lowest BCUT2D eigenvalue weighted by molar-refractivity contribution is 0.146. The van der Waals surface area contributed by atoms with E-state index in [2.05, 4.69) is 49.9 Å². The van der Waals surface area contributed by atoms with Gasteiger partial charge in [0.15, 0.2) is 0 Å². The van der Waals surface area contributed by atoms with E-state index in [9.17, 15) is 5.11 Å². The lowest BCUT2D eigenvalue weighted by Crippen LogP contribution is -2.49. The van der Waals surface area contributed by atoms with Gasteiger partial charge in [-0.15, -0.1) is 0 Å². The van der Waals surface area contributed by atoms with Crippen molar-refractivity contribution in [1.82, 2.24) is 15.1 Å². The Hall–Kier alpha value is -0.160. The summed E-state index contributed by atoms with van der Waals surface area (Å²) in [7, 11) is 2.23. The van der Waals surface area contributed by atoms with Crippen LogP contribution in [0, 0.1) is 0 Å². The number of aliphatic hydroxyl groups excluding tert-OH is 1. The van der Waals surface area contributed by atoms with Gasteiger partial charge in [-0.25, -0.2) is 0 Å². The van der Waals surface area contributed by atoms with E-state index < -0.39 is 0 Å². The predicted octanol–water partition coefficient (Wildman–Crippen LogP) is 1.93. The summed E-state index contributed by atoms with van der Waals surface area (Å²) in [5, 5.41) is 13.1. The van der Waals surface area contributed by atoms with Crippen molar-refractivity contribution in [3.8, 4) is 0 Å². The molecule has 1 saturated heterocycles. The van der Waals surface area contributed by atoms with Gasteiger partial charge < -0.3 is 15.3 Å². The van der Waals surface area contributed by atoms with E-state index in [0.29, 0.717) is 6.04 Å². The Morgan fingerprint density at radius 1 is 1.43 bits per heavy atom. The van der Waals surface area contributed by atoms with Crippen molar-refractivity contribution in [3.63, 3.8) is 0 Å². The second kappa shape index (κ2) is 9.09.